The van der Waals surface area contributed by atoms with Crippen LogP contribution in [0.5, 0.6) is 0 Å². The summed E-state index contributed by atoms with van der Waals surface area (Å²) in [6, 6.07) is 10.4. The van der Waals surface area contributed by atoms with E-state index in [1.165, 1.54) is 6.07 Å². The summed E-state index contributed by atoms with van der Waals surface area (Å²) in [7, 11) is -3.54. The molecule has 0 saturated heterocycles. The minimum absolute atomic E-state index is 0.0194. The third-order valence-corrected chi connectivity index (χ3v) is 5.48. The Bertz CT molecular complexity index is 904. The zero-order valence-corrected chi connectivity index (χ0v) is 15.3. The maximum absolute atomic E-state index is 12.0. The number of aryl methyl sites for hydroxylation is 1. The number of amidine groups is 1. The zero-order valence-electron chi connectivity index (χ0n) is 14.4. The number of rotatable bonds is 7. The van der Waals surface area contributed by atoms with Gasteiger partial charge in [-0.05, 0) is 37.6 Å². The van der Waals surface area contributed by atoms with Crippen LogP contribution in [0, 0.1) is 0 Å². The average Bonchev–Trinajstić information content (AvgIpc) is 3.20. The van der Waals surface area contributed by atoms with Gasteiger partial charge in [0.2, 0.25) is 5.91 Å². The minimum atomic E-state index is -3.54. The number of nitrogens with zero attached hydrogens (tertiary/aromatic N) is 1. The smallest absolute Gasteiger partial charge is 0.263 e. The summed E-state index contributed by atoms with van der Waals surface area (Å²) in [6.45, 7) is 2.15. The van der Waals surface area contributed by atoms with Crippen LogP contribution in [0.15, 0.2) is 57.0 Å². The Balaban J connectivity index is 1.48. The maximum atomic E-state index is 12.0. The highest BCUT2D eigenvalue weighted by molar-refractivity contribution is 7.90. The fourth-order valence-corrected chi connectivity index (χ4v) is 4.00. The van der Waals surface area contributed by atoms with Crippen molar-refractivity contribution in [3.05, 3.63) is 54.0 Å². The van der Waals surface area contributed by atoms with Crippen molar-refractivity contribution in [2.75, 3.05) is 6.54 Å². The Kier molecular flexibility index (Phi) is 5.41. The summed E-state index contributed by atoms with van der Waals surface area (Å²) in [5, 5.41) is 2.91. The first kappa shape index (κ1) is 18.2. The number of sulfonamides is 1. The molecule has 8 heteroatoms. The van der Waals surface area contributed by atoms with E-state index in [1.807, 2.05) is 19.1 Å². The van der Waals surface area contributed by atoms with Crippen molar-refractivity contribution in [3.63, 3.8) is 0 Å². The third kappa shape index (κ3) is 4.32. The molecule has 1 atom stereocenters. The monoisotopic (exact) mass is 375 g/mol. The van der Waals surface area contributed by atoms with E-state index < -0.39 is 10.0 Å². The number of nitrogens with one attached hydrogen (secondary N) is 2. The van der Waals surface area contributed by atoms with Crippen molar-refractivity contribution in [2.24, 2.45) is 4.99 Å². The van der Waals surface area contributed by atoms with Crippen LogP contribution in [0.1, 0.15) is 31.1 Å². The van der Waals surface area contributed by atoms with E-state index in [0.717, 1.165) is 18.6 Å². The Labute approximate surface area is 152 Å². The fourth-order valence-electron chi connectivity index (χ4n) is 2.75. The number of benzene rings is 1. The first-order valence-corrected chi connectivity index (χ1v) is 9.92. The number of furan rings is 1. The van der Waals surface area contributed by atoms with E-state index in [-0.39, 0.29) is 29.8 Å². The van der Waals surface area contributed by atoms with Crippen LogP contribution < -0.4 is 10.0 Å². The molecule has 1 aliphatic heterocycles. The van der Waals surface area contributed by atoms with Crippen LogP contribution in [-0.4, -0.2) is 32.7 Å². The van der Waals surface area contributed by atoms with Gasteiger partial charge in [0.05, 0.1) is 17.7 Å². The van der Waals surface area contributed by atoms with E-state index in [9.17, 15) is 13.2 Å². The first-order chi connectivity index (χ1) is 12.5. The Morgan fingerprint density at radius 3 is 2.85 bits per heavy atom. The molecule has 3 rings (SSSR count). The molecular weight excluding hydrogens is 354 g/mol. The molecule has 0 aliphatic carbocycles. The maximum Gasteiger partial charge on any atom is 0.263 e. The van der Waals surface area contributed by atoms with Crippen LogP contribution >= 0.6 is 0 Å². The van der Waals surface area contributed by atoms with Crippen molar-refractivity contribution >= 4 is 21.8 Å². The minimum Gasteiger partial charge on any atom is -0.469 e. The summed E-state index contributed by atoms with van der Waals surface area (Å²) in [4.78, 5) is 16.5. The molecule has 138 valence electrons. The Hall–Kier alpha value is -2.61. The van der Waals surface area contributed by atoms with Crippen LogP contribution in [0.25, 0.3) is 0 Å². The van der Waals surface area contributed by atoms with Gasteiger partial charge in [-0.25, -0.2) is 8.42 Å². The van der Waals surface area contributed by atoms with Gasteiger partial charge in [0.25, 0.3) is 10.0 Å². The molecule has 1 aliphatic rings. The molecule has 0 radical (unpaired) electrons. The van der Waals surface area contributed by atoms with Gasteiger partial charge in [0.15, 0.2) is 0 Å². The summed E-state index contributed by atoms with van der Waals surface area (Å²) in [5.74, 6) is 1.07. The molecule has 1 aromatic carbocycles. The summed E-state index contributed by atoms with van der Waals surface area (Å²) in [5.41, 5.74) is 0.541. The molecule has 1 amide bonds. The number of fused-ring (bicyclic) bond motifs is 1. The van der Waals surface area contributed by atoms with E-state index in [2.05, 4.69) is 15.0 Å². The topological polar surface area (TPSA) is 101 Å². The molecule has 0 fully saturated rings. The second kappa shape index (κ2) is 7.74. The molecule has 2 N–H and O–H groups in total. The SMILES string of the molecule is C[C@@H](CCc1ccco1)NC(=O)CCN=C1NS(=O)(=O)c2ccccc21. The van der Waals surface area contributed by atoms with E-state index in [0.29, 0.717) is 11.4 Å². The summed E-state index contributed by atoms with van der Waals surface area (Å²) >= 11 is 0. The molecule has 7 nitrogen and oxygen atoms in total. The molecular formula is C18H21N3O4S. The Morgan fingerprint density at radius 1 is 1.27 bits per heavy atom. The lowest BCUT2D eigenvalue weighted by Gasteiger charge is -2.12. The highest BCUT2D eigenvalue weighted by atomic mass is 32.2. The third-order valence-electron chi connectivity index (χ3n) is 4.08. The van der Waals surface area contributed by atoms with E-state index >= 15 is 0 Å². The molecule has 0 bridgehead atoms. The lowest BCUT2D eigenvalue weighted by atomic mass is 10.1. The van der Waals surface area contributed by atoms with Gasteiger partial charge < -0.3 is 9.73 Å². The van der Waals surface area contributed by atoms with Crippen molar-refractivity contribution in [2.45, 2.75) is 37.1 Å². The molecule has 0 spiro atoms. The van der Waals surface area contributed by atoms with Gasteiger partial charge >= 0.3 is 0 Å². The number of aliphatic imine (C=N–C) groups is 1. The number of carbonyl (C=O) groups excluding carboxylic acids is 1. The van der Waals surface area contributed by atoms with Gasteiger partial charge in [-0.2, -0.15) is 0 Å². The van der Waals surface area contributed by atoms with Crippen LogP contribution in [-0.2, 0) is 21.2 Å². The molecule has 1 aromatic heterocycles. The number of hydrogen-bond donors (Lipinski definition) is 2. The summed E-state index contributed by atoms with van der Waals surface area (Å²) < 4.78 is 31.7. The second-order valence-corrected chi connectivity index (χ2v) is 7.82. The zero-order chi connectivity index (χ0) is 18.6. The molecule has 0 saturated carbocycles. The van der Waals surface area contributed by atoms with Crippen molar-refractivity contribution < 1.29 is 17.6 Å². The fraction of sp³-hybridized carbons (Fsp3) is 0.333. The van der Waals surface area contributed by atoms with Gasteiger partial charge in [-0.3, -0.25) is 14.5 Å². The molecule has 26 heavy (non-hydrogen) atoms. The quantitative estimate of drug-likeness (QED) is 0.771. The first-order valence-electron chi connectivity index (χ1n) is 8.44. The summed E-state index contributed by atoms with van der Waals surface area (Å²) in [6.07, 6.45) is 3.36. The standard InChI is InChI=1S/C18H21N3O4S/c1-13(8-9-14-5-4-12-25-14)20-17(22)10-11-19-18-15-6-2-3-7-16(15)26(23,24)21-18/h2-7,12-13H,8-11H2,1H3,(H,19,21)(H,20,22)/t13-/m0/s1. The van der Waals surface area contributed by atoms with E-state index in [4.69, 9.17) is 4.42 Å². The van der Waals surface area contributed by atoms with Crippen molar-refractivity contribution in [3.8, 4) is 0 Å². The lowest BCUT2D eigenvalue weighted by Crippen LogP contribution is -2.33. The van der Waals surface area contributed by atoms with Crippen molar-refractivity contribution in [1.82, 2.24) is 10.0 Å². The molecule has 2 aromatic rings. The molecule has 0 unspecified atom stereocenters. The highest BCUT2D eigenvalue weighted by Crippen LogP contribution is 2.22. The van der Waals surface area contributed by atoms with Gasteiger partial charge in [0.1, 0.15) is 11.6 Å². The van der Waals surface area contributed by atoms with Gasteiger partial charge in [-0.1, -0.05) is 12.1 Å². The van der Waals surface area contributed by atoms with Gasteiger partial charge in [-0.15, -0.1) is 0 Å². The van der Waals surface area contributed by atoms with E-state index in [1.54, 1.807) is 24.5 Å². The Morgan fingerprint density at radius 2 is 2.08 bits per heavy atom. The molecule has 2 heterocycles. The van der Waals surface area contributed by atoms with Crippen molar-refractivity contribution in [1.29, 1.82) is 0 Å². The van der Waals surface area contributed by atoms with Crippen LogP contribution in [0.2, 0.25) is 0 Å². The van der Waals surface area contributed by atoms with Crippen LogP contribution in [0.3, 0.4) is 0 Å². The highest BCUT2D eigenvalue weighted by Gasteiger charge is 2.29. The lowest BCUT2D eigenvalue weighted by molar-refractivity contribution is -0.121. The number of hydrogen-bond acceptors (Lipinski definition) is 5. The van der Waals surface area contributed by atoms with Crippen LogP contribution in [0.4, 0.5) is 0 Å². The van der Waals surface area contributed by atoms with Gasteiger partial charge in [0, 0.05) is 24.4 Å². The average molecular weight is 375 g/mol. The normalized spacial score (nSPS) is 17.5. The predicted molar refractivity (Wildman–Crippen MR) is 97.4 cm³/mol. The largest absolute Gasteiger partial charge is 0.469 e. The number of amides is 1. The predicted octanol–water partition coefficient (Wildman–Crippen LogP) is 1.85. The second-order valence-electron chi connectivity index (χ2n) is 6.17. The number of carbonyl (C=O) groups is 1.